The summed E-state index contributed by atoms with van der Waals surface area (Å²) in [6.07, 6.45) is 1.77. The minimum absolute atomic E-state index is 0.0621. The molecule has 1 fully saturated rings. The molecule has 1 N–H and O–H groups in total. The number of carbonyl (C=O) groups excluding carboxylic acids is 2. The Bertz CT molecular complexity index is 962. The zero-order valence-electron chi connectivity index (χ0n) is 16.4. The molecule has 2 heterocycles. The van der Waals surface area contributed by atoms with E-state index < -0.39 is 11.7 Å². The molecule has 0 spiro atoms. The first kappa shape index (κ1) is 19.2. The zero-order valence-corrected chi connectivity index (χ0v) is 16.4. The number of nitrogens with one attached hydrogen (secondary N) is 1. The van der Waals surface area contributed by atoms with Crippen LogP contribution in [-0.4, -0.2) is 37.5 Å². The largest absolute Gasteiger partial charge is 0.493 e. The Morgan fingerprint density at radius 2 is 1.93 bits per heavy atom. The van der Waals surface area contributed by atoms with Crippen molar-refractivity contribution in [2.45, 2.75) is 31.2 Å². The summed E-state index contributed by atoms with van der Waals surface area (Å²) in [4.78, 5) is 27.4. The van der Waals surface area contributed by atoms with Crippen LogP contribution in [0.2, 0.25) is 0 Å². The highest BCUT2D eigenvalue weighted by Gasteiger charge is 2.38. The predicted molar refractivity (Wildman–Crippen MR) is 106 cm³/mol. The Balaban J connectivity index is 1.65. The maximum absolute atomic E-state index is 13.6. The lowest BCUT2D eigenvalue weighted by Gasteiger charge is -2.32. The van der Waals surface area contributed by atoms with Gasteiger partial charge in [0.15, 0.2) is 11.5 Å². The number of benzene rings is 2. The van der Waals surface area contributed by atoms with E-state index in [1.54, 1.807) is 20.3 Å². The molecule has 0 aliphatic carbocycles. The third kappa shape index (κ3) is 3.52. The molecule has 0 saturated carbocycles. The third-order valence-electron chi connectivity index (χ3n) is 5.68. The van der Waals surface area contributed by atoms with Gasteiger partial charge in [0.1, 0.15) is 5.82 Å². The molecule has 2 atom stereocenters. The molecule has 0 bridgehead atoms. The van der Waals surface area contributed by atoms with E-state index in [1.165, 1.54) is 12.1 Å². The first-order chi connectivity index (χ1) is 14.0. The lowest BCUT2D eigenvalue weighted by molar-refractivity contribution is -0.135. The van der Waals surface area contributed by atoms with E-state index in [0.717, 1.165) is 18.4 Å². The number of carbonyl (C=O) groups is 2. The smallest absolute Gasteiger partial charge is 0.231 e. The average molecular weight is 398 g/mol. The van der Waals surface area contributed by atoms with E-state index in [2.05, 4.69) is 5.32 Å². The van der Waals surface area contributed by atoms with E-state index >= 15 is 0 Å². The van der Waals surface area contributed by atoms with Crippen molar-refractivity contribution in [3.05, 3.63) is 53.3 Å². The fraction of sp³-hybridized carbons (Fsp3) is 0.364. The van der Waals surface area contributed by atoms with Crippen LogP contribution in [-0.2, 0) is 9.59 Å². The van der Waals surface area contributed by atoms with Gasteiger partial charge in [-0.05, 0) is 48.2 Å². The molecule has 2 amide bonds. The Hall–Kier alpha value is -3.09. The van der Waals surface area contributed by atoms with Crippen LogP contribution in [0.25, 0.3) is 0 Å². The number of methoxy groups -OCH3 is 2. The van der Waals surface area contributed by atoms with Crippen LogP contribution in [0, 0.1) is 5.82 Å². The Labute approximate surface area is 168 Å². The summed E-state index contributed by atoms with van der Waals surface area (Å²) in [5, 5.41) is 2.67. The standard InChI is InChI=1S/C22H23FN2O4/c1-28-19-8-5-13(10-20(19)29-2)18-4-3-9-25(18)22(27)16-12-21(26)24-17-11-14(23)6-7-15(16)17/h5-8,10-11,16,18H,3-4,9,12H2,1-2H3,(H,24,26)/t16-,18-/m1/s1. The molecule has 29 heavy (non-hydrogen) atoms. The van der Waals surface area contributed by atoms with Crippen molar-refractivity contribution >= 4 is 17.5 Å². The van der Waals surface area contributed by atoms with E-state index in [9.17, 15) is 14.0 Å². The van der Waals surface area contributed by atoms with Gasteiger partial charge in [-0.3, -0.25) is 9.59 Å². The number of likely N-dealkylation sites (tertiary alicyclic amines) is 1. The van der Waals surface area contributed by atoms with Gasteiger partial charge in [-0.15, -0.1) is 0 Å². The molecule has 2 aromatic carbocycles. The van der Waals surface area contributed by atoms with E-state index in [-0.39, 0.29) is 24.3 Å². The molecule has 2 aromatic rings. The van der Waals surface area contributed by atoms with Gasteiger partial charge in [-0.25, -0.2) is 4.39 Å². The van der Waals surface area contributed by atoms with E-state index in [4.69, 9.17) is 9.47 Å². The van der Waals surface area contributed by atoms with Crippen molar-refractivity contribution in [3.63, 3.8) is 0 Å². The number of fused-ring (bicyclic) bond motifs is 1. The molecule has 152 valence electrons. The van der Waals surface area contributed by atoms with Crippen molar-refractivity contribution in [2.24, 2.45) is 0 Å². The summed E-state index contributed by atoms with van der Waals surface area (Å²) < 4.78 is 24.3. The molecule has 2 aliphatic heterocycles. The number of hydrogen-bond donors (Lipinski definition) is 1. The second-order valence-electron chi connectivity index (χ2n) is 7.34. The monoisotopic (exact) mass is 398 g/mol. The minimum Gasteiger partial charge on any atom is -0.493 e. The van der Waals surface area contributed by atoms with E-state index in [0.29, 0.717) is 29.3 Å². The average Bonchev–Trinajstić information content (AvgIpc) is 3.21. The number of nitrogens with zero attached hydrogens (tertiary/aromatic N) is 1. The predicted octanol–water partition coefficient (Wildman–Crippen LogP) is 3.63. The summed E-state index contributed by atoms with van der Waals surface area (Å²) in [5.74, 6) is -0.191. The molecule has 0 aromatic heterocycles. The summed E-state index contributed by atoms with van der Waals surface area (Å²) in [5.41, 5.74) is 2.00. The van der Waals surface area contributed by atoms with Crippen molar-refractivity contribution < 1.29 is 23.5 Å². The van der Waals surface area contributed by atoms with E-state index in [1.807, 2.05) is 23.1 Å². The highest BCUT2D eigenvalue weighted by Crippen LogP contribution is 2.41. The highest BCUT2D eigenvalue weighted by molar-refractivity contribution is 6.01. The van der Waals surface area contributed by atoms with Crippen LogP contribution in [0.3, 0.4) is 0 Å². The van der Waals surface area contributed by atoms with Gasteiger partial charge < -0.3 is 19.7 Å². The van der Waals surface area contributed by atoms with Crippen molar-refractivity contribution in [1.82, 2.24) is 4.90 Å². The fourth-order valence-electron chi connectivity index (χ4n) is 4.29. The number of anilines is 1. The topological polar surface area (TPSA) is 67.9 Å². The van der Waals surface area contributed by atoms with Crippen LogP contribution < -0.4 is 14.8 Å². The van der Waals surface area contributed by atoms with Crippen molar-refractivity contribution in [3.8, 4) is 11.5 Å². The maximum atomic E-state index is 13.6. The molecule has 0 radical (unpaired) electrons. The Morgan fingerprint density at radius 1 is 1.14 bits per heavy atom. The van der Waals surface area contributed by atoms with Gasteiger partial charge in [0, 0.05) is 18.7 Å². The van der Waals surface area contributed by atoms with Crippen LogP contribution in [0.5, 0.6) is 11.5 Å². The van der Waals surface area contributed by atoms with Crippen LogP contribution in [0.15, 0.2) is 36.4 Å². The molecular weight excluding hydrogens is 375 g/mol. The fourth-order valence-corrected chi connectivity index (χ4v) is 4.29. The quantitative estimate of drug-likeness (QED) is 0.854. The van der Waals surface area contributed by atoms with Crippen LogP contribution in [0.1, 0.15) is 42.3 Å². The normalized spacial score (nSPS) is 20.8. The second kappa shape index (κ2) is 7.73. The lowest BCUT2D eigenvalue weighted by Crippen LogP contribution is -2.38. The molecule has 7 heteroatoms. The van der Waals surface area contributed by atoms with Gasteiger partial charge in [-0.1, -0.05) is 12.1 Å². The summed E-state index contributed by atoms with van der Waals surface area (Å²) in [6.45, 7) is 0.618. The molecule has 1 saturated heterocycles. The van der Waals surface area contributed by atoms with Gasteiger partial charge in [0.2, 0.25) is 11.8 Å². The number of halogens is 1. The summed E-state index contributed by atoms with van der Waals surface area (Å²) in [7, 11) is 3.16. The second-order valence-corrected chi connectivity index (χ2v) is 7.34. The Kier molecular flexibility index (Phi) is 5.13. The van der Waals surface area contributed by atoms with Crippen LogP contribution >= 0.6 is 0 Å². The number of ether oxygens (including phenoxy) is 2. The molecule has 0 unspecified atom stereocenters. The minimum atomic E-state index is -0.611. The summed E-state index contributed by atoms with van der Waals surface area (Å²) >= 11 is 0. The van der Waals surface area contributed by atoms with Crippen molar-refractivity contribution in [1.29, 1.82) is 0 Å². The zero-order chi connectivity index (χ0) is 20.5. The lowest BCUT2D eigenvalue weighted by atomic mass is 9.88. The highest BCUT2D eigenvalue weighted by atomic mass is 19.1. The van der Waals surface area contributed by atoms with Gasteiger partial charge in [-0.2, -0.15) is 0 Å². The first-order valence-corrected chi connectivity index (χ1v) is 9.63. The van der Waals surface area contributed by atoms with Crippen molar-refractivity contribution in [2.75, 3.05) is 26.1 Å². The Morgan fingerprint density at radius 3 is 2.69 bits per heavy atom. The number of hydrogen-bond acceptors (Lipinski definition) is 4. The maximum Gasteiger partial charge on any atom is 0.231 e. The van der Waals surface area contributed by atoms with Crippen LogP contribution in [0.4, 0.5) is 10.1 Å². The van der Waals surface area contributed by atoms with Gasteiger partial charge in [0.25, 0.3) is 0 Å². The molecular formula is C22H23FN2O4. The molecule has 6 nitrogen and oxygen atoms in total. The number of rotatable bonds is 4. The number of amides is 2. The van der Waals surface area contributed by atoms with Gasteiger partial charge in [0.05, 0.1) is 26.2 Å². The summed E-state index contributed by atoms with van der Waals surface area (Å²) in [6, 6.07) is 9.75. The molecule has 2 aliphatic rings. The SMILES string of the molecule is COc1ccc([C@H]2CCCN2C(=O)[C@@H]2CC(=O)Nc3cc(F)ccc32)cc1OC. The molecule has 4 rings (SSSR count). The van der Waals surface area contributed by atoms with Gasteiger partial charge >= 0.3 is 0 Å². The first-order valence-electron chi connectivity index (χ1n) is 9.63. The third-order valence-corrected chi connectivity index (χ3v) is 5.68.